The molecule has 0 fully saturated rings. The number of rotatable bonds is 2. The molecule has 4 nitrogen and oxygen atoms in total. The molecule has 0 aliphatic carbocycles. The number of nitrogen functional groups attached to an aromatic ring is 1. The van der Waals surface area contributed by atoms with Crippen molar-refractivity contribution in [2.75, 3.05) is 5.73 Å². The highest BCUT2D eigenvalue weighted by Crippen LogP contribution is 2.24. The number of carbonyl (C=O) groups is 1. The van der Waals surface area contributed by atoms with E-state index in [4.69, 9.17) is 10.8 Å². The minimum atomic E-state index is -1.55. The standard InChI is InChI=1S/C8H8INO3/c9-5-3-1-2-4(6(5)10)7(11)8(12)13/h1-3,7,11H,10H2,(H,12,13). The number of para-hydroxylation sites is 1. The summed E-state index contributed by atoms with van der Waals surface area (Å²) in [6, 6.07) is 4.89. The van der Waals surface area contributed by atoms with Crippen LogP contribution in [0.2, 0.25) is 0 Å². The largest absolute Gasteiger partial charge is 0.479 e. The molecular weight excluding hydrogens is 285 g/mol. The topological polar surface area (TPSA) is 83.5 Å². The third-order valence-corrected chi connectivity index (χ3v) is 2.56. The SMILES string of the molecule is Nc1c(I)cccc1C(O)C(=O)O. The van der Waals surface area contributed by atoms with Gasteiger partial charge in [-0.25, -0.2) is 4.79 Å². The van der Waals surface area contributed by atoms with E-state index in [2.05, 4.69) is 0 Å². The van der Waals surface area contributed by atoms with Crippen molar-refractivity contribution < 1.29 is 15.0 Å². The van der Waals surface area contributed by atoms with Crippen LogP contribution in [0.5, 0.6) is 0 Å². The molecule has 0 saturated heterocycles. The maximum atomic E-state index is 10.5. The lowest BCUT2D eigenvalue weighted by molar-refractivity contribution is -0.146. The first-order chi connectivity index (χ1) is 6.04. The quantitative estimate of drug-likeness (QED) is 0.561. The van der Waals surface area contributed by atoms with E-state index < -0.39 is 12.1 Å². The van der Waals surface area contributed by atoms with Crippen molar-refractivity contribution in [1.82, 2.24) is 0 Å². The second-order valence-electron chi connectivity index (χ2n) is 2.48. The number of nitrogens with two attached hydrogens (primary N) is 1. The smallest absolute Gasteiger partial charge is 0.337 e. The summed E-state index contributed by atoms with van der Waals surface area (Å²) in [5, 5.41) is 17.8. The number of aliphatic carboxylic acids is 1. The lowest BCUT2D eigenvalue weighted by Crippen LogP contribution is -2.13. The molecule has 1 aromatic carbocycles. The van der Waals surface area contributed by atoms with Crippen molar-refractivity contribution in [3.63, 3.8) is 0 Å². The summed E-state index contributed by atoms with van der Waals surface area (Å²) in [7, 11) is 0. The van der Waals surface area contributed by atoms with Crippen LogP contribution in [0, 0.1) is 3.57 Å². The van der Waals surface area contributed by atoms with Gasteiger partial charge in [0.1, 0.15) is 0 Å². The fourth-order valence-electron chi connectivity index (χ4n) is 0.925. The van der Waals surface area contributed by atoms with Gasteiger partial charge in [-0.05, 0) is 28.7 Å². The van der Waals surface area contributed by atoms with Crippen LogP contribution in [0.15, 0.2) is 18.2 Å². The van der Waals surface area contributed by atoms with E-state index in [1.807, 2.05) is 22.6 Å². The number of halogens is 1. The van der Waals surface area contributed by atoms with Gasteiger partial charge in [-0.3, -0.25) is 0 Å². The molecule has 5 heteroatoms. The van der Waals surface area contributed by atoms with Crippen molar-refractivity contribution in [3.8, 4) is 0 Å². The zero-order valence-electron chi connectivity index (χ0n) is 6.57. The summed E-state index contributed by atoms with van der Waals surface area (Å²) in [5.74, 6) is -1.30. The number of aliphatic hydroxyl groups excluding tert-OH is 1. The van der Waals surface area contributed by atoms with Crippen LogP contribution in [-0.2, 0) is 4.79 Å². The van der Waals surface area contributed by atoms with Crippen molar-refractivity contribution in [2.45, 2.75) is 6.10 Å². The van der Waals surface area contributed by atoms with E-state index in [0.29, 0.717) is 5.69 Å². The molecule has 1 rings (SSSR count). The lowest BCUT2D eigenvalue weighted by Gasteiger charge is -2.09. The summed E-state index contributed by atoms with van der Waals surface area (Å²) in [5.41, 5.74) is 6.14. The Hall–Kier alpha value is -0.820. The third-order valence-electron chi connectivity index (χ3n) is 1.62. The van der Waals surface area contributed by atoms with Gasteiger partial charge in [0.05, 0.1) is 5.69 Å². The predicted molar refractivity (Wildman–Crippen MR) is 56.2 cm³/mol. The number of benzene rings is 1. The number of aliphatic hydroxyl groups is 1. The molecule has 0 amide bonds. The van der Waals surface area contributed by atoms with E-state index in [1.54, 1.807) is 12.1 Å². The van der Waals surface area contributed by atoms with Gasteiger partial charge in [-0.2, -0.15) is 0 Å². The van der Waals surface area contributed by atoms with E-state index >= 15 is 0 Å². The summed E-state index contributed by atoms with van der Waals surface area (Å²) in [6.07, 6.45) is -1.55. The minimum Gasteiger partial charge on any atom is -0.479 e. The second kappa shape index (κ2) is 3.93. The van der Waals surface area contributed by atoms with E-state index in [1.165, 1.54) is 6.07 Å². The van der Waals surface area contributed by atoms with Crippen LogP contribution in [0.1, 0.15) is 11.7 Å². The average Bonchev–Trinajstić information content (AvgIpc) is 2.08. The minimum absolute atomic E-state index is 0.236. The zero-order chi connectivity index (χ0) is 10.0. The Labute approximate surface area is 88.5 Å². The monoisotopic (exact) mass is 293 g/mol. The van der Waals surface area contributed by atoms with Gasteiger partial charge in [-0.15, -0.1) is 0 Å². The van der Waals surface area contributed by atoms with Gasteiger partial charge >= 0.3 is 5.97 Å². The molecule has 1 unspecified atom stereocenters. The molecular formula is C8H8INO3. The second-order valence-corrected chi connectivity index (χ2v) is 3.65. The fourth-order valence-corrected chi connectivity index (χ4v) is 1.44. The average molecular weight is 293 g/mol. The van der Waals surface area contributed by atoms with E-state index in [-0.39, 0.29) is 5.56 Å². The van der Waals surface area contributed by atoms with E-state index in [9.17, 15) is 9.90 Å². The van der Waals surface area contributed by atoms with Crippen molar-refractivity contribution >= 4 is 34.2 Å². The number of hydrogen-bond donors (Lipinski definition) is 3. The molecule has 1 atom stereocenters. The highest BCUT2D eigenvalue weighted by Gasteiger charge is 2.19. The first-order valence-corrected chi connectivity index (χ1v) is 4.56. The summed E-state index contributed by atoms with van der Waals surface area (Å²) >= 11 is 1.98. The van der Waals surface area contributed by atoms with Crippen LogP contribution < -0.4 is 5.73 Å². The van der Waals surface area contributed by atoms with Gasteiger partial charge in [0.15, 0.2) is 6.10 Å². The van der Waals surface area contributed by atoms with Crippen LogP contribution in [0.25, 0.3) is 0 Å². The first-order valence-electron chi connectivity index (χ1n) is 3.48. The molecule has 0 saturated carbocycles. The van der Waals surface area contributed by atoms with Gasteiger partial charge in [0, 0.05) is 9.13 Å². The maximum Gasteiger partial charge on any atom is 0.337 e. The van der Waals surface area contributed by atoms with Crippen LogP contribution in [0.3, 0.4) is 0 Å². The predicted octanol–water partition coefficient (Wildman–Crippen LogP) is 0.991. The van der Waals surface area contributed by atoms with Crippen LogP contribution >= 0.6 is 22.6 Å². The Balaban J connectivity index is 3.15. The molecule has 0 aliphatic rings. The highest BCUT2D eigenvalue weighted by atomic mass is 127. The van der Waals surface area contributed by atoms with Gasteiger partial charge < -0.3 is 15.9 Å². The van der Waals surface area contributed by atoms with Crippen molar-refractivity contribution in [2.24, 2.45) is 0 Å². The lowest BCUT2D eigenvalue weighted by atomic mass is 10.1. The maximum absolute atomic E-state index is 10.5. The number of carboxylic acid groups (broad SMARTS) is 1. The fraction of sp³-hybridized carbons (Fsp3) is 0.125. The van der Waals surface area contributed by atoms with Gasteiger partial charge in [-0.1, -0.05) is 12.1 Å². The molecule has 0 heterocycles. The number of hydrogen-bond acceptors (Lipinski definition) is 3. The van der Waals surface area contributed by atoms with E-state index in [0.717, 1.165) is 3.57 Å². The molecule has 0 bridgehead atoms. The Morgan fingerprint density at radius 2 is 2.15 bits per heavy atom. The number of carboxylic acids is 1. The zero-order valence-corrected chi connectivity index (χ0v) is 8.72. The first kappa shape index (κ1) is 10.3. The molecule has 13 heavy (non-hydrogen) atoms. The number of anilines is 1. The Morgan fingerprint density at radius 3 is 2.69 bits per heavy atom. The molecule has 4 N–H and O–H groups in total. The summed E-state index contributed by atoms with van der Waals surface area (Å²) < 4.78 is 0.732. The molecule has 70 valence electrons. The molecule has 0 aliphatic heterocycles. The van der Waals surface area contributed by atoms with Crippen molar-refractivity contribution in [1.29, 1.82) is 0 Å². The normalized spacial score (nSPS) is 12.5. The van der Waals surface area contributed by atoms with Crippen molar-refractivity contribution in [3.05, 3.63) is 27.3 Å². The molecule has 0 spiro atoms. The van der Waals surface area contributed by atoms with Crippen LogP contribution in [-0.4, -0.2) is 16.2 Å². The van der Waals surface area contributed by atoms with Gasteiger partial charge in [0.25, 0.3) is 0 Å². The van der Waals surface area contributed by atoms with Crippen LogP contribution in [0.4, 0.5) is 5.69 Å². The van der Waals surface area contributed by atoms with Gasteiger partial charge in [0.2, 0.25) is 0 Å². The highest BCUT2D eigenvalue weighted by molar-refractivity contribution is 14.1. The Bertz CT molecular complexity index is 340. The molecule has 1 aromatic rings. The Morgan fingerprint density at radius 1 is 1.54 bits per heavy atom. The molecule has 0 aromatic heterocycles. The molecule has 0 radical (unpaired) electrons. The summed E-state index contributed by atoms with van der Waals surface area (Å²) in [4.78, 5) is 10.5. The Kier molecular flexibility index (Phi) is 3.10. The summed E-state index contributed by atoms with van der Waals surface area (Å²) in [6.45, 7) is 0. The third kappa shape index (κ3) is 2.10.